The molecule has 0 aliphatic rings. The second-order valence-electron chi connectivity index (χ2n) is 5.73. The Morgan fingerprint density at radius 2 is 1.96 bits per heavy atom. The molecule has 1 aromatic heterocycles. The fraction of sp³-hybridized carbons (Fsp3) is 0.211. The molecule has 0 fully saturated rings. The van der Waals surface area contributed by atoms with Crippen LogP contribution in [0.4, 0.5) is 0 Å². The maximum Gasteiger partial charge on any atom is 0.258 e. The van der Waals surface area contributed by atoms with E-state index in [1.165, 1.54) is 5.56 Å². The van der Waals surface area contributed by atoms with Crippen LogP contribution in [0.25, 0.3) is 11.5 Å². The zero-order valence-corrected chi connectivity index (χ0v) is 14.2. The summed E-state index contributed by atoms with van der Waals surface area (Å²) < 4.78 is 10.7. The van der Waals surface area contributed by atoms with Crippen LogP contribution in [0.5, 0.6) is 5.75 Å². The molecule has 0 radical (unpaired) electrons. The molecule has 0 saturated heterocycles. The Morgan fingerprint density at radius 3 is 2.68 bits per heavy atom. The highest BCUT2D eigenvalue weighted by atomic mass is 16.5. The second-order valence-corrected chi connectivity index (χ2v) is 5.73. The number of hydrogen-bond donors (Lipinski definition) is 1. The van der Waals surface area contributed by atoms with Gasteiger partial charge in [-0.3, -0.25) is 4.79 Å². The minimum Gasteiger partial charge on any atom is -0.484 e. The van der Waals surface area contributed by atoms with Crippen molar-refractivity contribution < 1.29 is 14.1 Å². The number of aryl methyl sites for hydroxylation is 2. The Morgan fingerprint density at radius 1 is 1.16 bits per heavy atom. The van der Waals surface area contributed by atoms with Crippen molar-refractivity contribution >= 4 is 5.91 Å². The van der Waals surface area contributed by atoms with Crippen LogP contribution < -0.4 is 10.1 Å². The quantitative estimate of drug-likeness (QED) is 0.748. The van der Waals surface area contributed by atoms with E-state index < -0.39 is 0 Å². The molecule has 1 amide bonds. The Bertz CT molecular complexity index is 856. The first-order valence-electron chi connectivity index (χ1n) is 7.96. The highest BCUT2D eigenvalue weighted by Crippen LogP contribution is 2.22. The lowest BCUT2D eigenvalue weighted by atomic mass is 10.1. The van der Waals surface area contributed by atoms with Crippen LogP contribution in [0.15, 0.2) is 53.1 Å². The van der Waals surface area contributed by atoms with Crippen molar-refractivity contribution in [3.05, 3.63) is 65.5 Å². The maximum absolute atomic E-state index is 11.9. The lowest BCUT2D eigenvalue weighted by Gasteiger charge is -2.08. The largest absolute Gasteiger partial charge is 0.484 e. The van der Waals surface area contributed by atoms with Gasteiger partial charge in [0.25, 0.3) is 11.8 Å². The molecule has 128 valence electrons. The van der Waals surface area contributed by atoms with E-state index in [9.17, 15) is 4.79 Å². The van der Waals surface area contributed by atoms with Gasteiger partial charge >= 0.3 is 0 Å². The Balaban J connectivity index is 1.52. The summed E-state index contributed by atoms with van der Waals surface area (Å²) in [7, 11) is 0. The van der Waals surface area contributed by atoms with E-state index in [1.807, 2.05) is 43.3 Å². The fourth-order valence-corrected chi connectivity index (χ4v) is 2.24. The number of benzene rings is 2. The van der Waals surface area contributed by atoms with Gasteiger partial charge in [-0.1, -0.05) is 41.1 Å². The van der Waals surface area contributed by atoms with E-state index in [2.05, 4.69) is 15.5 Å². The molecule has 0 spiro atoms. The first-order chi connectivity index (χ1) is 12.1. The zero-order chi connectivity index (χ0) is 17.6. The standard InChI is InChI=1S/C19H19N3O3/c1-13-6-8-15(9-7-13)11-20-18(23)12-24-17-5-3-4-16(10-17)19-21-14(2)22-25-19/h3-10H,11-12H2,1-2H3,(H,20,23). The number of ether oxygens (including phenoxy) is 1. The van der Waals surface area contributed by atoms with E-state index in [0.29, 0.717) is 24.0 Å². The number of rotatable bonds is 6. The lowest BCUT2D eigenvalue weighted by molar-refractivity contribution is -0.123. The third-order valence-electron chi connectivity index (χ3n) is 3.59. The van der Waals surface area contributed by atoms with E-state index in [1.54, 1.807) is 19.1 Å². The Kier molecular flexibility index (Phi) is 5.09. The van der Waals surface area contributed by atoms with Gasteiger partial charge in [0.15, 0.2) is 12.4 Å². The molecule has 3 rings (SSSR count). The van der Waals surface area contributed by atoms with Gasteiger partial charge in [0, 0.05) is 12.1 Å². The molecule has 0 aliphatic carbocycles. The van der Waals surface area contributed by atoms with Gasteiger partial charge in [0.2, 0.25) is 0 Å². The zero-order valence-electron chi connectivity index (χ0n) is 14.2. The summed E-state index contributed by atoms with van der Waals surface area (Å²) in [5.41, 5.74) is 2.99. The van der Waals surface area contributed by atoms with Gasteiger partial charge in [-0.25, -0.2) is 0 Å². The van der Waals surface area contributed by atoms with E-state index in [-0.39, 0.29) is 12.5 Å². The molecular weight excluding hydrogens is 318 g/mol. The number of carbonyl (C=O) groups is 1. The lowest BCUT2D eigenvalue weighted by Crippen LogP contribution is -2.28. The molecule has 6 heteroatoms. The molecular formula is C19H19N3O3. The summed E-state index contributed by atoms with van der Waals surface area (Å²) in [6, 6.07) is 15.2. The Labute approximate surface area is 145 Å². The van der Waals surface area contributed by atoms with Gasteiger partial charge in [-0.05, 0) is 37.6 Å². The van der Waals surface area contributed by atoms with Crippen LogP contribution in [0.2, 0.25) is 0 Å². The molecule has 1 heterocycles. The summed E-state index contributed by atoms with van der Waals surface area (Å²) >= 11 is 0. The predicted molar refractivity (Wildman–Crippen MR) is 93.0 cm³/mol. The molecule has 1 N–H and O–H groups in total. The van der Waals surface area contributed by atoms with Gasteiger partial charge in [-0.2, -0.15) is 4.98 Å². The van der Waals surface area contributed by atoms with Gasteiger partial charge < -0.3 is 14.6 Å². The number of carbonyl (C=O) groups excluding carboxylic acids is 1. The van der Waals surface area contributed by atoms with Crippen LogP contribution in [-0.2, 0) is 11.3 Å². The summed E-state index contributed by atoms with van der Waals surface area (Å²) in [6.45, 7) is 4.20. The first-order valence-corrected chi connectivity index (χ1v) is 7.96. The summed E-state index contributed by atoms with van der Waals surface area (Å²) in [6.07, 6.45) is 0. The number of hydrogen-bond acceptors (Lipinski definition) is 5. The summed E-state index contributed by atoms with van der Waals surface area (Å²) in [5, 5.41) is 6.60. The second kappa shape index (κ2) is 7.61. The smallest absolute Gasteiger partial charge is 0.258 e. The number of nitrogens with zero attached hydrogens (tertiary/aromatic N) is 2. The van der Waals surface area contributed by atoms with Crippen molar-refractivity contribution in [2.24, 2.45) is 0 Å². The topological polar surface area (TPSA) is 77.2 Å². The molecule has 3 aromatic rings. The van der Waals surface area contributed by atoms with Crippen molar-refractivity contribution in [3.63, 3.8) is 0 Å². The van der Waals surface area contributed by atoms with Gasteiger partial charge in [0.05, 0.1) is 0 Å². The molecule has 0 aliphatic heterocycles. The molecule has 0 bridgehead atoms. The van der Waals surface area contributed by atoms with E-state index in [0.717, 1.165) is 11.1 Å². The molecule has 0 unspecified atom stereocenters. The number of nitrogens with one attached hydrogen (secondary N) is 1. The summed E-state index contributed by atoms with van der Waals surface area (Å²) in [5.74, 6) is 1.38. The van der Waals surface area contributed by atoms with Crippen LogP contribution in [-0.4, -0.2) is 22.7 Å². The maximum atomic E-state index is 11.9. The Hall–Kier alpha value is -3.15. The van der Waals surface area contributed by atoms with Crippen LogP contribution >= 0.6 is 0 Å². The summed E-state index contributed by atoms with van der Waals surface area (Å²) in [4.78, 5) is 16.1. The van der Waals surface area contributed by atoms with Gasteiger partial charge in [-0.15, -0.1) is 0 Å². The van der Waals surface area contributed by atoms with Crippen molar-refractivity contribution in [2.45, 2.75) is 20.4 Å². The first kappa shape index (κ1) is 16.7. The van der Waals surface area contributed by atoms with Gasteiger partial charge in [0.1, 0.15) is 5.75 Å². The van der Waals surface area contributed by atoms with Crippen molar-refractivity contribution in [1.82, 2.24) is 15.5 Å². The van der Waals surface area contributed by atoms with Crippen molar-refractivity contribution in [2.75, 3.05) is 6.61 Å². The van der Waals surface area contributed by atoms with E-state index >= 15 is 0 Å². The highest BCUT2D eigenvalue weighted by molar-refractivity contribution is 5.77. The molecule has 25 heavy (non-hydrogen) atoms. The van der Waals surface area contributed by atoms with Crippen LogP contribution in [0.1, 0.15) is 17.0 Å². The minimum atomic E-state index is -0.181. The average molecular weight is 337 g/mol. The normalized spacial score (nSPS) is 10.5. The minimum absolute atomic E-state index is 0.0574. The molecule has 6 nitrogen and oxygen atoms in total. The monoisotopic (exact) mass is 337 g/mol. The highest BCUT2D eigenvalue weighted by Gasteiger charge is 2.08. The fourth-order valence-electron chi connectivity index (χ4n) is 2.24. The molecule has 2 aromatic carbocycles. The van der Waals surface area contributed by atoms with Crippen molar-refractivity contribution in [3.8, 4) is 17.2 Å². The average Bonchev–Trinajstić information content (AvgIpc) is 3.06. The van der Waals surface area contributed by atoms with Crippen LogP contribution in [0.3, 0.4) is 0 Å². The third kappa shape index (κ3) is 4.67. The van der Waals surface area contributed by atoms with Crippen molar-refractivity contribution in [1.29, 1.82) is 0 Å². The SMILES string of the molecule is Cc1ccc(CNC(=O)COc2cccc(-c3nc(C)no3)c2)cc1. The molecule has 0 atom stereocenters. The number of amides is 1. The number of aromatic nitrogens is 2. The van der Waals surface area contributed by atoms with Crippen LogP contribution in [0, 0.1) is 13.8 Å². The molecule has 0 saturated carbocycles. The van der Waals surface area contributed by atoms with E-state index in [4.69, 9.17) is 9.26 Å². The predicted octanol–water partition coefficient (Wildman–Crippen LogP) is 3.05. The third-order valence-corrected chi connectivity index (χ3v) is 3.59.